The third-order valence-electron chi connectivity index (χ3n) is 5.81. The van der Waals surface area contributed by atoms with E-state index in [-0.39, 0.29) is 18.3 Å². The van der Waals surface area contributed by atoms with Crippen molar-refractivity contribution in [2.24, 2.45) is 0 Å². The first-order chi connectivity index (χ1) is 15.3. The first kappa shape index (κ1) is 20.2. The fourth-order valence-corrected chi connectivity index (χ4v) is 4.23. The molecule has 2 N–H and O–H groups in total. The molecule has 2 aromatic heterocycles. The summed E-state index contributed by atoms with van der Waals surface area (Å²) in [5.41, 5.74) is 8.38. The number of alkyl halides is 3. The van der Waals surface area contributed by atoms with Gasteiger partial charge in [-0.1, -0.05) is 6.07 Å². The number of carbonyl (C=O) groups excluding carboxylic acids is 1. The summed E-state index contributed by atoms with van der Waals surface area (Å²) >= 11 is 0. The Morgan fingerprint density at radius 3 is 2.78 bits per heavy atom. The maximum absolute atomic E-state index is 13.4. The van der Waals surface area contributed by atoms with E-state index in [1.165, 1.54) is 6.07 Å². The van der Waals surface area contributed by atoms with Crippen molar-refractivity contribution < 1.29 is 22.7 Å². The number of hydrogen-bond donors (Lipinski definition) is 1. The molecule has 6 nitrogen and oxygen atoms in total. The molecular formula is C23H19F3N4O2. The molecule has 164 valence electrons. The Kier molecular flexibility index (Phi) is 4.51. The quantitative estimate of drug-likeness (QED) is 0.502. The van der Waals surface area contributed by atoms with Crippen LogP contribution in [0.2, 0.25) is 0 Å². The molecule has 1 aliphatic heterocycles. The third-order valence-corrected chi connectivity index (χ3v) is 5.81. The zero-order chi connectivity index (χ0) is 22.6. The van der Waals surface area contributed by atoms with Crippen LogP contribution in [0.5, 0.6) is 5.75 Å². The van der Waals surface area contributed by atoms with Gasteiger partial charge in [0.25, 0.3) is 5.91 Å². The van der Waals surface area contributed by atoms with Gasteiger partial charge in [-0.3, -0.25) is 4.79 Å². The summed E-state index contributed by atoms with van der Waals surface area (Å²) in [6.45, 7) is 2.29. The van der Waals surface area contributed by atoms with Crippen LogP contribution in [0.15, 0.2) is 54.7 Å². The van der Waals surface area contributed by atoms with E-state index in [1.807, 2.05) is 29.7 Å². The van der Waals surface area contributed by atoms with E-state index >= 15 is 0 Å². The van der Waals surface area contributed by atoms with Gasteiger partial charge in [-0.15, -0.1) is 0 Å². The molecule has 1 atom stereocenters. The Morgan fingerprint density at radius 1 is 1.22 bits per heavy atom. The number of ether oxygens (including phenoxy) is 1. The maximum atomic E-state index is 13.4. The second-order valence-corrected chi connectivity index (χ2v) is 7.63. The highest BCUT2D eigenvalue weighted by molar-refractivity contribution is 5.98. The van der Waals surface area contributed by atoms with Gasteiger partial charge in [0.05, 0.1) is 28.2 Å². The number of carbonyl (C=O) groups is 1. The van der Waals surface area contributed by atoms with Crippen LogP contribution in [0.1, 0.15) is 34.5 Å². The second-order valence-electron chi connectivity index (χ2n) is 7.63. The maximum Gasteiger partial charge on any atom is 0.416 e. The standard InChI is InChI=1S/C23H19F3N4O2/c1-2-29(19-12-32-20-11-14(23(24,25)26)6-7-15(19)20)22(31)13-5-8-16-18(10-13)30-9-3-4-17(30)21(27)28-16/h3-11,19H,2,12H2,1H3,(H2,27,28). The molecule has 0 spiro atoms. The van der Waals surface area contributed by atoms with E-state index in [1.54, 1.807) is 23.1 Å². The van der Waals surface area contributed by atoms with Crippen LogP contribution < -0.4 is 10.5 Å². The number of nitrogens with two attached hydrogens (primary N) is 1. The van der Waals surface area contributed by atoms with Crippen molar-refractivity contribution in [3.8, 4) is 5.75 Å². The lowest BCUT2D eigenvalue weighted by Crippen LogP contribution is -2.35. The smallest absolute Gasteiger partial charge is 0.416 e. The largest absolute Gasteiger partial charge is 0.491 e. The average molecular weight is 440 g/mol. The minimum absolute atomic E-state index is 0.101. The molecule has 0 saturated carbocycles. The van der Waals surface area contributed by atoms with Gasteiger partial charge >= 0.3 is 6.18 Å². The molecule has 0 saturated heterocycles. The van der Waals surface area contributed by atoms with Gasteiger partial charge in [0.1, 0.15) is 18.2 Å². The molecule has 1 aliphatic rings. The lowest BCUT2D eigenvalue weighted by atomic mass is 10.0. The van der Waals surface area contributed by atoms with Crippen molar-refractivity contribution in [3.63, 3.8) is 0 Å². The number of aromatic nitrogens is 2. The Hall–Kier alpha value is -3.75. The number of rotatable bonds is 3. The number of halogens is 3. The number of nitrogens with zero attached hydrogens (tertiary/aromatic N) is 3. The van der Waals surface area contributed by atoms with Crippen molar-refractivity contribution in [2.45, 2.75) is 19.1 Å². The zero-order valence-corrected chi connectivity index (χ0v) is 17.1. The number of benzene rings is 2. The Morgan fingerprint density at radius 2 is 2.03 bits per heavy atom. The molecule has 9 heteroatoms. The fraction of sp³-hybridized carbons (Fsp3) is 0.217. The molecular weight excluding hydrogens is 421 g/mol. The summed E-state index contributed by atoms with van der Waals surface area (Å²) in [6.07, 6.45) is -2.61. The van der Waals surface area contributed by atoms with Gasteiger partial charge in [0.2, 0.25) is 0 Å². The van der Waals surface area contributed by atoms with E-state index in [0.717, 1.165) is 23.2 Å². The van der Waals surface area contributed by atoms with Gasteiger partial charge < -0.3 is 19.8 Å². The van der Waals surface area contributed by atoms with Crippen molar-refractivity contribution in [2.75, 3.05) is 18.9 Å². The Balaban J connectivity index is 1.52. The highest BCUT2D eigenvalue weighted by Gasteiger charge is 2.36. The zero-order valence-electron chi connectivity index (χ0n) is 17.1. The molecule has 4 aromatic rings. The summed E-state index contributed by atoms with van der Waals surface area (Å²) in [5.74, 6) is 0.311. The summed E-state index contributed by atoms with van der Waals surface area (Å²) in [5, 5.41) is 0. The van der Waals surface area contributed by atoms with E-state index in [9.17, 15) is 18.0 Å². The van der Waals surface area contributed by atoms with Crippen LogP contribution in [0.25, 0.3) is 16.6 Å². The number of amides is 1. The molecule has 32 heavy (non-hydrogen) atoms. The first-order valence-electron chi connectivity index (χ1n) is 10.1. The normalized spacial score (nSPS) is 15.7. The van der Waals surface area contributed by atoms with Crippen LogP contribution in [-0.4, -0.2) is 33.3 Å². The third kappa shape index (κ3) is 3.12. The van der Waals surface area contributed by atoms with Crippen LogP contribution in [0.4, 0.5) is 19.0 Å². The van der Waals surface area contributed by atoms with Gasteiger partial charge in [-0.05, 0) is 49.4 Å². The van der Waals surface area contributed by atoms with Gasteiger partial charge in [0, 0.05) is 23.9 Å². The molecule has 0 radical (unpaired) electrons. The second kappa shape index (κ2) is 7.15. The van der Waals surface area contributed by atoms with Crippen molar-refractivity contribution in [3.05, 3.63) is 71.4 Å². The fourth-order valence-electron chi connectivity index (χ4n) is 4.23. The molecule has 2 aromatic carbocycles. The van der Waals surface area contributed by atoms with Crippen LogP contribution in [0, 0.1) is 0 Å². The molecule has 0 fully saturated rings. The summed E-state index contributed by atoms with van der Waals surface area (Å²) in [7, 11) is 0. The average Bonchev–Trinajstić information content (AvgIpc) is 3.41. The number of fused-ring (bicyclic) bond motifs is 4. The lowest BCUT2D eigenvalue weighted by Gasteiger charge is -2.27. The minimum Gasteiger partial charge on any atom is -0.491 e. The summed E-state index contributed by atoms with van der Waals surface area (Å²) in [6, 6.07) is 11.8. The minimum atomic E-state index is -4.46. The van der Waals surface area contributed by atoms with Gasteiger partial charge in [0.15, 0.2) is 0 Å². The van der Waals surface area contributed by atoms with Crippen molar-refractivity contribution >= 4 is 28.3 Å². The predicted molar refractivity (Wildman–Crippen MR) is 114 cm³/mol. The monoisotopic (exact) mass is 440 g/mol. The van der Waals surface area contributed by atoms with Crippen LogP contribution in [0.3, 0.4) is 0 Å². The molecule has 5 rings (SSSR count). The van der Waals surface area contributed by atoms with E-state index in [0.29, 0.717) is 29.0 Å². The summed E-state index contributed by atoms with van der Waals surface area (Å²) < 4.78 is 46.5. The Bertz CT molecular complexity index is 1360. The lowest BCUT2D eigenvalue weighted by molar-refractivity contribution is -0.137. The molecule has 0 aliphatic carbocycles. The predicted octanol–water partition coefficient (Wildman–Crippen LogP) is 4.68. The number of nitrogen functional groups attached to an aromatic ring is 1. The topological polar surface area (TPSA) is 72.9 Å². The van der Waals surface area contributed by atoms with Crippen LogP contribution in [-0.2, 0) is 6.18 Å². The highest BCUT2D eigenvalue weighted by atomic mass is 19.4. The summed E-state index contributed by atoms with van der Waals surface area (Å²) in [4.78, 5) is 19.4. The highest BCUT2D eigenvalue weighted by Crippen LogP contribution is 2.40. The van der Waals surface area contributed by atoms with Gasteiger partial charge in [-0.2, -0.15) is 13.2 Å². The molecule has 0 bridgehead atoms. The first-order valence-corrected chi connectivity index (χ1v) is 10.1. The van der Waals surface area contributed by atoms with Crippen molar-refractivity contribution in [1.82, 2.24) is 14.3 Å². The van der Waals surface area contributed by atoms with E-state index < -0.39 is 17.8 Å². The van der Waals surface area contributed by atoms with E-state index in [4.69, 9.17) is 10.5 Å². The Labute approximate surface area is 181 Å². The van der Waals surface area contributed by atoms with Crippen molar-refractivity contribution in [1.29, 1.82) is 0 Å². The molecule has 3 heterocycles. The SMILES string of the molecule is CCN(C(=O)c1ccc2nc(N)c3cccn3c2c1)C1COc2cc(C(F)(F)F)ccc21. The molecule has 1 amide bonds. The number of hydrogen-bond acceptors (Lipinski definition) is 4. The van der Waals surface area contributed by atoms with Gasteiger partial charge in [-0.25, -0.2) is 4.98 Å². The molecule has 1 unspecified atom stereocenters. The number of anilines is 1. The number of likely N-dealkylation sites (N-methyl/N-ethyl adjacent to an activating group) is 1. The van der Waals surface area contributed by atoms with Crippen LogP contribution >= 0.6 is 0 Å². The van der Waals surface area contributed by atoms with E-state index in [2.05, 4.69) is 4.98 Å².